The van der Waals surface area contributed by atoms with Crippen LogP contribution < -0.4 is 10.5 Å². The van der Waals surface area contributed by atoms with Gasteiger partial charge in [-0.25, -0.2) is 4.98 Å². The average Bonchev–Trinajstić information content (AvgIpc) is 2.10. The van der Waals surface area contributed by atoms with Gasteiger partial charge in [-0.3, -0.25) is 0 Å². The van der Waals surface area contributed by atoms with E-state index < -0.39 is 0 Å². The van der Waals surface area contributed by atoms with Gasteiger partial charge in [0.25, 0.3) is 0 Å². The monoisotopic (exact) mass is 229 g/mol. The van der Waals surface area contributed by atoms with Crippen molar-refractivity contribution in [3.63, 3.8) is 0 Å². The molecule has 0 amide bonds. The minimum Gasteiger partial charge on any atom is -0.478 e. The Morgan fingerprint density at radius 3 is 2.80 bits per heavy atom. The maximum absolute atomic E-state index is 5.70. The van der Waals surface area contributed by atoms with E-state index >= 15 is 0 Å². The summed E-state index contributed by atoms with van der Waals surface area (Å²) in [7, 11) is 0. The SMILES string of the molecule is CC(C)CCCOc1cc(Cl)nc(N)n1. The molecule has 84 valence electrons. The highest BCUT2D eigenvalue weighted by Crippen LogP contribution is 2.15. The van der Waals surface area contributed by atoms with Gasteiger partial charge in [0, 0.05) is 6.07 Å². The number of nitrogens with two attached hydrogens (primary N) is 1. The zero-order valence-corrected chi connectivity index (χ0v) is 9.79. The van der Waals surface area contributed by atoms with E-state index in [4.69, 9.17) is 22.1 Å². The van der Waals surface area contributed by atoms with Crippen molar-refractivity contribution in [3.05, 3.63) is 11.2 Å². The Kier molecular flexibility index (Phi) is 4.62. The standard InChI is InChI=1S/C10H16ClN3O/c1-7(2)4-3-5-15-9-6-8(11)13-10(12)14-9/h6-7H,3-5H2,1-2H3,(H2,12,13,14). The molecule has 0 unspecified atom stereocenters. The van der Waals surface area contributed by atoms with Crippen molar-refractivity contribution in [2.45, 2.75) is 26.7 Å². The molecule has 0 aliphatic carbocycles. The van der Waals surface area contributed by atoms with Gasteiger partial charge in [-0.2, -0.15) is 4.98 Å². The number of nitrogen functional groups attached to an aromatic ring is 1. The van der Waals surface area contributed by atoms with Crippen LogP contribution in [0.2, 0.25) is 5.15 Å². The van der Waals surface area contributed by atoms with Crippen LogP contribution in [-0.2, 0) is 0 Å². The number of hydrogen-bond donors (Lipinski definition) is 1. The largest absolute Gasteiger partial charge is 0.478 e. The van der Waals surface area contributed by atoms with Gasteiger partial charge in [0.15, 0.2) is 0 Å². The molecule has 1 heterocycles. The Labute approximate surface area is 94.8 Å². The van der Waals surface area contributed by atoms with Gasteiger partial charge >= 0.3 is 0 Å². The van der Waals surface area contributed by atoms with E-state index in [1.54, 1.807) is 6.07 Å². The van der Waals surface area contributed by atoms with E-state index in [1.807, 2.05) is 0 Å². The molecule has 0 bridgehead atoms. The fourth-order valence-electron chi connectivity index (χ4n) is 1.16. The van der Waals surface area contributed by atoms with Crippen LogP contribution in [-0.4, -0.2) is 16.6 Å². The van der Waals surface area contributed by atoms with Crippen molar-refractivity contribution in [1.29, 1.82) is 0 Å². The maximum Gasteiger partial charge on any atom is 0.224 e. The lowest BCUT2D eigenvalue weighted by molar-refractivity contribution is 0.287. The molecule has 0 spiro atoms. The zero-order valence-electron chi connectivity index (χ0n) is 9.03. The van der Waals surface area contributed by atoms with Crippen LogP contribution in [0.1, 0.15) is 26.7 Å². The zero-order chi connectivity index (χ0) is 11.3. The van der Waals surface area contributed by atoms with Crippen molar-refractivity contribution in [1.82, 2.24) is 9.97 Å². The molecule has 2 N–H and O–H groups in total. The lowest BCUT2D eigenvalue weighted by atomic mass is 10.1. The van der Waals surface area contributed by atoms with Crippen LogP contribution in [0.4, 0.5) is 5.95 Å². The Morgan fingerprint density at radius 1 is 1.47 bits per heavy atom. The quantitative estimate of drug-likeness (QED) is 0.623. The second-order valence-electron chi connectivity index (χ2n) is 3.77. The molecular weight excluding hydrogens is 214 g/mol. The Bertz CT molecular complexity index is 297. The second-order valence-corrected chi connectivity index (χ2v) is 4.16. The fourth-order valence-corrected chi connectivity index (χ4v) is 1.34. The van der Waals surface area contributed by atoms with Crippen LogP contribution >= 0.6 is 11.6 Å². The van der Waals surface area contributed by atoms with Crippen LogP contribution in [0.5, 0.6) is 5.88 Å². The fraction of sp³-hybridized carbons (Fsp3) is 0.600. The van der Waals surface area contributed by atoms with Gasteiger partial charge in [0.05, 0.1) is 6.61 Å². The number of rotatable bonds is 5. The molecule has 5 heteroatoms. The summed E-state index contributed by atoms with van der Waals surface area (Å²) in [6, 6.07) is 1.56. The van der Waals surface area contributed by atoms with Gasteiger partial charge in [0.2, 0.25) is 11.8 Å². The van der Waals surface area contributed by atoms with Gasteiger partial charge in [-0.05, 0) is 18.8 Å². The van der Waals surface area contributed by atoms with Crippen molar-refractivity contribution in [2.24, 2.45) is 5.92 Å². The summed E-state index contributed by atoms with van der Waals surface area (Å²) >= 11 is 5.70. The second kappa shape index (κ2) is 5.75. The first-order valence-corrected chi connectivity index (χ1v) is 5.38. The van der Waals surface area contributed by atoms with E-state index in [-0.39, 0.29) is 5.95 Å². The summed E-state index contributed by atoms with van der Waals surface area (Å²) in [6.07, 6.45) is 2.13. The van der Waals surface area contributed by atoms with Gasteiger partial charge < -0.3 is 10.5 Å². The Hall–Kier alpha value is -1.03. The molecule has 0 radical (unpaired) electrons. The molecule has 0 atom stereocenters. The molecule has 1 aromatic heterocycles. The third-order valence-corrected chi connectivity index (χ3v) is 2.06. The van der Waals surface area contributed by atoms with Crippen molar-refractivity contribution in [3.8, 4) is 5.88 Å². The highest BCUT2D eigenvalue weighted by atomic mass is 35.5. The molecule has 0 fully saturated rings. The summed E-state index contributed by atoms with van der Waals surface area (Å²) in [6.45, 7) is 4.99. The highest BCUT2D eigenvalue weighted by molar-refractivity contribution is 6.29. The summed E-state index contributed by atoms with van der Waals surface area (Å²) in [4.78, 5) is 7.65. The summed E-state index contributed by atoms with van der Waals surface area (Å²) in [5, 5.41) is 0.307. The van der Waals surface area contributed by atoms with E-state index in [9.17, 15) is 0 Å². The van der Waals surface area contributed by atoms with Gasteiger partial charge in [-0.1, -0.05) is 25.4 Å². The lowest BCUT2D eigenvalue weighted by Gasteiger charge is -2.07. The molecule has 15 heavy (non-hydrogen) atoms. The number of nitrogens with zero attached hydrogens (tertiary/aromatic N) is 2. The topological polar surface area (TPSA) is 61.0 Å². The number of anilines is 1. The third kappa shape index (κ3) is 4.83. The minimum absolute atomic E-state index is 0.140. The van der Waals surface area contributed by atoms with Crippen LogP contribution in [0.3, 0.4) is 0 Å². The van der Waals surface area contributed by atoms with Gasteiger partial charge in [0.1, 0.15) is 5.15 Å². The van der Waals surface area contributed by atoms with Crippen LogP contribution in [0, 0.1) is 5.92 Å². The minimum atomic E-state index is 0.140. The smallest absolute Gasteiger partial charge is 0.224 e. The molecule has 0 aliphatic heterocycles. The van der Waals surface area contributed by atoms with Crippen molar-refractivity contribution >= 4 is 17.5 Å². The highest BCUT2D eigenvalue weighted by Gasteiger charge is 2.01. The van der Waals surface area contributed by atoms with E-state index in [1.165, 1.54) is 0 Å². The summed E-state index contributed by atoms with van der Waals surface area (Å²) < 4.78 is 5.40. The molecule has 0 saturated heterocycles. The Balaban J connectivity index is 2.37. The third-order valence-electron chi connectivity index (χ3n) is 1.86. The average molecular weight is 230 g/mol. The van der Waals surface area contributed by atoms with E-state index in [2.05, 4.69) is 23.8 Å². The van der Waals surface area contributed by atoms with Crippen molar-refractivity contribution in [2.75, 3.05) is 12.3 Å². The normalized spacial score (nSPS) is 10.7. The van der Waals surface area contributed by atoms with Gasteiger partial charge in [-0.15, -0.1) is 0 Å². The van der Waals surface area contributed by atoms with Crippen LogP contribution in [0.25, 0.3) is 0 Å². The Morgan fingerprint density at radius 2 is 2.20 bits per heavy atom. The first-order chi connectivity index (χ1) is 7.08. The summed E-state index contributed by atoms with van der Waals surface area (Å²) in [5.74, 6) is 1.27. The molecule has 0 saturated carbocycles. The van der Waals surface area contributed by atoms with Crippen LogP contribution in [0.15, 0.2) is 6.07 Å². The first kappa shape index (κ1) is 12.0. The van der Waals surface area contributed by atoms with E-state index in [0.29, 0.717) is 23.6 Å². The van der Waals surface area contributed by atoms with E-state index in [0.717, 1.165) is 12.8 Å². The molecule has 0 aromatic carbocycles. The number of ether oxygens (including phenoxy) is 1. The number of halogens is 1. The number of hydrogen-bond acceptors (Lipinski definition) is 4. The predicted octanol–water partition coefficient (Wildman–Crippen LogP) is 2.53. The predicted molar refractivity (Wildman–Crippen MR) is 61.0 cm³/mol. The molecule has 1 rings (SSSR count). The molecule has 0 aliphatic rings. The molecule has 4 nitrogen and oxygen atoms in total. The number of aromatic nitrogens is 2. The maximum atomic E-state index is 5.70. The first-order valence-electron chi connectivity index (χ1n) is 5.01. The molecule has 1 aromatic rings. The summed E-state index contributed by atoms with van der Waals surface area (Å²) in [5.41, 5.74) is 5.43. The lowest BCUT2D eigenvalue weighted by Crippen LogP contribution is -2.03. The van der Waals surface area contributed by atoms with Crippen molar-refractivity contribution < 1.29 is 4.74 Å². The molecular formula is C10H16ClN3O.